The standard InChI is InChI=1S/C12H19NO.C2H4O2/c1-9(2)8-14-12-6-4-11(5-7-12)10(3)13;1-2(3)4/h4-7,9-10H,8,13H2,1-3H3;1H3,(H,3,4)/t10-;/m0./s1. The van der Waals surface area contributed by atoms with Crippen LogP contribution in [0.15, 0.2) is 24.3 Å². The topological polar surface area (TPSA) is 72.5 Å². The van der Waals surface area contributed by atoms with E-state index in [1.165, 1.54) is 0 Å². The Kier molecular flexibility index (Phi) is 7.79. The van der Waals surface area contributed by atoms with E-state index in [-0.39, 0.29) is 6.04 Å². The first-order valence-electron chi connectivity index (χ1n) is 6.00. The molecule has 102 valence electrons. The number of rotatable bonds is 4. The van der Waals surface area contributed by atoms with Gasteiger partial charge in [-0.05, 0) is 30.5 Å². The lowest BCUT2D eigenvalue weighted by molar-refractivity contribution is -0.134. The highest BCUT2D eigenvalue weighted by atomic mass is 16.5. The van der Waals surface area contributed by atoms with Crippen LogP contribution in [0.3, 0.4) is 0 Å². The molecule has 4 heteroatoms. The maximum Gasteiger partial charge on any atom is 0.300 e. The van der Waals surface area contributed by atoms with Gasteiger partial charge >= 0.3 is 0 Å². The van der Waals surface area contributed by atoms with Crippen molar-refractivity contribution in [2.45, 2.75) is 33.7 Å². The van der Waals surface area contributed by atoms with Crippen LogP contribution in [0.2, 0.25) is 0 Å². The van der Waals surface area contributed by atoms with Crippen molar-refractivity contribution >= 4 is 5.97 Å². The van der Waals surface area contributed by atoms with Crippen LogP contribution in [0.4, 0.5) is 0 Å². The molecule has 1 atom stereocenters. The summed E-state index contributed by atoms with van der Waals surface area (Å²) in [4.78, 5) is 9.00. The normalized spacial score (nSPS) is 11.4. The fourth-order valence-electron chi connectivity index (χ4n) is 1.13. The van der Waals surface area contributed by atoms with Gasteiger partial charge in [0.1, 0.15) is 5.75 Å². The number of hydrogen-bond acceptors (Lipinski definition) is 3. The van der Waals surface area contributed by atoms with Gasteiger partial charge in [-0.3, -0.25) is 4.79 Å². The molecule has 1 aromatic carbocycles. The van der Waals surface area contributed by atoms with Crippen LogP contribution in [0, 0.1) is 5.92 Å². The highest BCUT2D eigenvalue weighted by molar-refractivity contribution is 5.62. The van der Waals surface area contributed by atoms with Crippen molar-refractivity contribution in [3.63, 3.8) is 0 Å². The zero-order valence-corrected chi connectivity index (χ0v) is 11.5. The minimum Gasteiger partial charge on any atom is -0.493 e. The third-order valence-electron chi connectivity index (χ3n) is 1.99. The number of carboxylic acids is 1. The molecule has 0 spiro atoms. The summed E-state index contributed by atoms with van der Waals surface area (Å²) in [6.07, 6.45) is 0. The van der Waals surface area contributed by atoms with Crippen LogP contribution in [0.5, 0.6) is 5.75 Å². The second kappa shape index (κ2) is 8.53. The van der Waals surface area contributed by atoms with Crippen molar-refractivity contribution in [3.05, 3.63) is 29.8 Å². The molecule has 0 aliphatic rings. The number of carbonyl (C=O) groups is 1. The first kappa shape index (κ1) is 16.4. The van der Waals surface area contributed by atoms with E-state index >= 15 is 0 Å². The Morgan fingerprint density at radius 3 is 2.06 bits per heavy atom. The molecule has 4 nitrogen and oxygen atoms in total. The molecule has 0 saturated heterocycles. The Bertz CT molecular complexity index is 341. The summed E-state index contributed by atoms with van der Waals surface area (Å²) in [6, 6.07) is 8.07. The Morgan fingerprint density at radius 2 is 1.72 bits per heavy atom. The third kappa shape index (κ3) is 8.58. The highest BCUT2D eigenvalue weighted by Crippen LogP contribution is 2.16. The molecule has 1 aromatic rings. The van der Waals surface area contributed by atoms with Gasteiger partial charge in [0, 0.05) is 13.0 Å². The monoisotopic (exact) mass is 253 g/mol. The molecule has 1 rings (SSSR count). The summed E-state index contributed by atoms with van der Waals surface area (Å²) >= 11 is 0. The molecule has 0 aliphatic carbocycles. The molecule has 18 heavy (non-hydrogen) atoms. The molecule has 3 N–H and O–H groups in total. The van der Waals surface area contributed by atoms with E-state index in [1.54, 1.807) is 0 Å². The maximum atomic E-state index is 9.00. The third-order valence-corrected chi connectivity index (χ3v) is 1.99. The smallest absolute Gasteiger partial charge is 0.300 e. The predicted molar refractivity (Wildman–Crippen MR) is 72.7 cm³/mol. The lowest BCUT2D eigenvalue weighted by Crippen LogP contribution is -2.06. The molecular weight excluding hydrogens is 230 g/mol. The largest absolute Gasteiger partial charge is 0.493 e. The quantitative estimate of drug-likeness (QED) is 0.865. The predicted octanol–water partition coefficient (Wildman–Crippen LogP) is 2.83. The van der Waals surface area contributed by atoms with E-state index in [0.717, 1.165) is 24.8 Å². The van der Waals surface area contributed by atoms with E-state index in [0.29, 0.717) is 5.92 Å². The summed E-state index contributed by atoms with van der Waals surface area (Å²) in [5.74, 6) is 0.645. The highest BCUT2D eigenvalue weighted by Gasteiger charge is 2.00. The summed E-state index contributed by atoms with van der Waals surface area (Å²) < 4.78 is 5.56. The summed E-state index contributed by atoms with van der Waals surface area (Å²) in [7, 11) is 0. The second-order valence-corrected chi connectivity index (χ2v) is 4.58. The van der Waals surface area contributed by atoms with Gasteiger partial charge in [0.05, 0.1) is 6.61 Å². The Hall–Kier alpha value is -1.55. The minimum atomic E-state index is -0.833. The van der Waals surface area contributed by atoms with Gasteiger partial charge in [-0.1, -0.05) is 26.0 Å². The first-order valence-corrected chi connectivity index (χ1v) is 6.00. The Balaban J connectivity index is 0.000000631. The fraction of sp³-hybridized carbons (Fsp3) is 0.500. The molecule has 0 amide bonds. The fourth-order valence-corrected chi connectivity index (χ4v) is 1.13. The molecule has 0 bridgehead atoms. The molecule has 0 unspecified atom stereocenters. The van der Waals surface area contributed by atoms with Crippen molar-refractivity contribution in [1.29, 1.82) is 0 Å². The molecule has 0 radical (unpaired) electrons. The van der Waals surface area contributed by atoms with Crippen LogP contribution >= 0.6 is 0 Å². The van der Waals surface area contributed by atoms with Gasteiger partial charge < -0.3 is 15.6 Å². The van der Waals surface area contributed by atoms with Crippen molar-refractivity contribution in [2.24, 2.45) is 11.7 Å². The summed E-state index contributed by atoms with van der Waals surface area (Å²) in [5.41, 5.74) is 6.89. The maximum absolute atomic E-state index is 9.00. The van der Waals surface area contributed by atoms with Crippen molar-refractivity contribution < 1.29 is 14.6 Å². The second-order valence-electron chi connectivity index (χ2n) is 4.58. The van der Waals surface area contributed by atoms with Crippen LogP contribution in [0.25, 0.3) is 0 Å². The van der Waals surface area contributed by atoms with E-state index in [1.807, 2.05) is 31.2 Å². The van der Waals surface area contributed by atoms with Crippen LogP contribution in [-0.4, -0.2) is 17.7 Å². The number of benzene rings is 1. The van der Waals surface area contributed by atoms with Gasteiger partial charge in [-0.15, -0.1) is 0 Å². The van der Waals surface area contributed by atoms with Crippen LogP contribution in [0.1, 0.15) is 39.3 Å². The first-order chi connectivity index (χ1) is 8.32. The molecule has 0 saturated carbocycles. The number of nitrogens with two attached hydrogens (primary N) is 1. The van der Waals surface area contributed by atoms with Gasteiger partial charge in [-0.2, -0.15) is 0 Å². The van der Waals surface area contributed by atoms with Crippen LogP contribution in [-0.2, 0) is 4.79 Å². The van der Waals surface area contributed by atoms with Gasteiger partial charge in [-0.25, -0.2) is 0 Å². The zero-order valence-electron chi connectivity index (χ0n) is 11.5. The lowest BCUT2D eigenvalue weighted by atomic mass is 10.1. The molecule has 0 fully saturated rings. The van der Waals surface area contributed by atoms with Crippen molar-refractivity contribution in [1.82, 2.24) is 0 Å². The van der Waals surface area contributed by atoms with Gasteiger partial charge in [0.25, 0.3) is 5.97 Å². The SMILES string of the molecule is CC(=O)O.CC(C)COc1ccc([C@H](C)N)cc1. The number of aliphatic carboxylic acids is 1. The molecule has 0 heterocycles. The minimum absolute atomic E-state index is 0.0918. The average molecular weight is 253 g/mol. The summed E-state index contributed by atoms with van der Waals surface area (Å²) in [5, 5.41) is 7.42. The van der Waals surface area contributed by atoms with E-state index in [4.69, 9.17) is 20.4 Å². The Morgan fingerprint density at radius 1 is 1.28 bits per heavy atom. The molecule has 0 aromatic heterocycles. The van der Waals surface area contributed by atoms with Crippen molar-refractivity contribution in [3.8, 4) is 5.75 Å². The lowest BCUT2D eigenvalue weighted by Gasteiger charge is -2.10. The summed E-state index contributed by atoms with van der Waals surface area (Å²) in [6.45, 7) is 8.09. The van der Waals surface area contributed by atoms with E-state index in [2.05, 4.69) is 13.8 Å². The zero-order chi connectivity index (χ0) is 14.1. The van der Waals surface area contributed by atoms with E-state index in [9.17, 15) is 0 Å². The van der Waals surface area contributed by atoms with Gasteiger partial charge in [0.15, 0.2) is 0 Å². The number of ether oxygens (including phenoxy) is 1. The van der Waals surface area contributed by atoms with Crippen LogP contribution < -0.4 is 10.5 Å². The molecule has 0 aliphatic heterocycles. The average Bonchev–Trinajstić information content (AvgIpc) is 2.26. The van der Waals surface area contributed by atoms with Gasteiger partial charge in [0.2, 0.25) is 0 Å². The number of hydrogen-bond donors (Lipinski definition) is 2. The molecular formula is C14H23NO3. The Labute approximate surface area is 109 Å². The number of carboxylic acid groups (broad SMARTS) is 1. The van der Waals surface area contributed by atoms with E-state index < -0.39 is 5.97 Å². The van der Waals surface area contributed by atoms with Crippen molar-refractivity contribution in [2.75, 3.05) is 6.61 Å².